The van der Waals surface area contributed by atoms with Crippen molar-refractivity contribution in [3.8, 4) is 0 Å². The van der Waals surface area contributed by atoms with Gasteiger partial charge in [-0.2, -0.15) is 0 Å². The maximum absolute atomic E-state index is 12.3. The molecular weight excluding hydrogens is 278 g/mol. The molecule has 0 bridgehead atoms. The van der Waals surface area contributed by atoms with Crippen LogP contribution in [0.4, 0.5) is 0 Å². The number of piperazine rings is 1. The first-order valence-electron chi connectivity index (χ1n) is 8.54. The highest BCUT2D eigenvalue weighted by molar-refractivity contribution is 5.78. The largest absolute Gasteiger partial charge is 0.378 e. The van der Waals surface area contributed by atoms with Crippen molar-refractivity contribution in [2.45, 2.75) is 26.3 Å². The Kier molecular flexibility index (Phi) is 6.86. The van der Waals surface area contributed by atoms with E-state index >= 15 is 0 Å². The van der Waals surface area contributed by atoms with Crippen LogP contribution in [0.15, 0.2) is 12.7 Å². The molecule has 1 amide bonds. The lowest BCUT2D eigenvalue weighted by Gasteiger charge is -2.40. The van der Waals surface area contributed by atoms with Crippen molar-refractivity contribution >= 4 is 5.91 Å². The van der Waals surface area contributed by atoms with Gasteiger partial charge in [-0.05, 0) is 19.3 Å². The van der Waals surface area contributed by atoms with Gasteiger partial charge in [0, 0.05) is 45.3 Å². The standard InChI is InChI=1S/C17H31N3O2/c1-4-5-15(2)16(3)19-8-6-18(7-9-19)14-17(21)20-10-12-22-13-11-20/h4,15-16H,1,5-14H2,2-3H3/t15-,16-/m1/s1. The van der Waals surface area contributed by atoms with Crippen molar-refractivity contribution < 1.29 is 9.53 Å². The molecule has 5 nitrogen and oxygen atoms in total. The number of hydrogen-bond donors (Lipinski definition) is 0. The van der Waals surface area contributed by atoms with Crippen LogP contribution in [0.25, 0.3) is 0 Å². The topological polar surface area (TPSA) is 36.0 Å². The van der Waals surface area contributed by atoms with Crippen LogP contribution < -0.4 is 0 Å². The molecule has 2 atom stereocenters. The molecule has 0 aromatic rings. The van der Waals surface area contributed by atoms with Gasteiger partial charge in [0.15, 0.2) is 0 Å². The maximum Gasteiger partial charge on any atom is 0.236 e. The summed E-state index contributed by atoms with van der Waals surface area (Å²) in [5, 5.41) is 0. The van der Waals surface area contributed by atoms with Gasteiger partial charge < -0.3 is 9.64 Å². The van der Waals surface area contributed by atoms with Crippen molar-refractivity contribution in [3.05, 3.63) is 12.7 Å². The molecule has 2 heterocycles. The SMILES string of the molecule is C=CC[C@@H](C)[C@@H](C)N1CCN(CC(=O)N2CCOCC2)CC1. The predicted octanol–water partition coefficient (Wildman–Crippen LogP) is 1.06. The minimum absolute atomic E-state index is 0.254. The third-order valence-electron chi connectivity index (χ3n) is 5.07. The van der Waals surface area contributed by atoms with Gasteiger partial charge in [-0.1, -0.05) is 13.0 Å². The maximum atomic E-state index is 12.3. The first kappa shape index (κ1) is 17.4. The summed E-state index contributed by atoms with van der Waals surface area (Å²) in [7, 11) is 0. The zero-order valence-corrected chi connectivity index (χ0v) is 14.2. The molecule has 22 heavy (non-hydrogen) atoms. The number of ether oxygens (including phenoxy) is 1. The minimum atomic E-state index is 0.254. The Bertz CT molecular complexity index is 361. The van der Waals surface area contributed by atoms with Crippen molar-refractivity contribution in [1.29, 1.82) is 0 Å². The number of carbonyl (C=O) groups excluding carboxylic acids is 1. The fourth-order valence-electron chi connectivity index (χ4n) is 3.25. The number of morpholine rings is 1. The zero-order valence-electron chi connectivity index (χ0n) is 14.2. The molecule has 2 rings (SSSR count). The summed E-state index contributed by atoms with van der Waals surface area (Å²) in [5.41, 5.74) is 0. The van der Waals surface area contributed by atoms with E-state index in [2.05, 4.69) is 30.2 Å². The van der Waals surface area contributed by atoms with Crippen LogP contribution in [0.2, 0.25) is 0 Å². The number of nitrogens with zero attached hydrogens (tertiary/aromatic N) is 3. The van der Waals surface area contributed by atoms with E-state index in [-0.39, 0.29) is 5.91 Å². The summed E-state index contributed by atoms with van der Waals surface area (Å²) in [6.07, 6.45) is 3.08. The Morgan fingerprint density at radius 1 is 1.14 bits per heavy atom. The molecule has 5 heteroatoms. The fraction of sp³-hybridized carbons (Fsp3) is 0.824. The molecule has 0 saturated carbocycles. The van der Waals surface area contributed by atoms with Gasteiger partial charge in [0.25, 0.3) is 0 Å². The smallest absolute Gasteiger partial charge is 0.236 e. The molecule has 0 spiro atoms. The highest BCUT2D eigenvalue weighted by Gasteiger charge is 2.26. The highest BCUT2D eigenvalue weighted by Crippen LogP contribution is 2.17. The fourth-order valence-corrected chi connectivity index (χ4v) is 3.25. The van der Waals surface area contributed by atoms with Crippen molar-refractivity contribution in [3.63, 3.8) is 0 Å². The lowest BCUT2D eigenvalue weighted by Crippen LogP contribution is -2.54. The van der Waals surface area contributed by atoms with Crippen LogP contribution in [0.5, 0.6) is 0 Å². The molecule has 126 valence electrons. The summed E-state index contributed by atoms with van der Waals surface area (Å²) >= 11 is 0. The predicted molar refractivity (Wildman–Crippen MR) is 88.9 cm³/mol. The van der Waals surface area contributed by atoms with Gasteiger partial charge in [0.1, 0.15) is 0 Å². The van der Waals surface area contributed by atoms with E-state index in [4.69, 9.17) is 4.74 Å². The summed E-state index contributed by atoms with van der Waals surface area (Å²) in [6.45, 7) is 15.9. The minimum Gasteiger partial charge on any atom is -0.378 e. The number of rotatable bonds is 6. The normalized spacial score (nSPS) is 24.0. The average Bonchev–Trinajstić information content (AvgIpc) is 2.56. The number of hydrogen-bond acceptors (Lipinski definition) is 4. The molecule has 0 aliphatic carbocycles. The molecule has 0 aromatic heterocycles. The number of amides is 1. The second-order valence-electron chi connectivity index (χ2n) is 6.55. The van der Waals surface area contributed by atoms with Crippen LogP contribution in [-0.4, -0.2) is 85.7 Å². The van der Waals surface area contributed by atoms with E-state index in [1.807, 2.05) is 11.0 Å². The van der Waals surface area contributed by atoms with Gasteiger partial charge in [-0.15, -0.1) is 6.58 Å². The average molecular weight is 309 g/mol. The quantitative estimate of drug-likeness (QED) is 0.688. The van der Waals surface area contributed by atoms with Gasteiger partial charge in [-0.3, -0.25) is 14.6 Å². The second kappa shape index (κ2) is 8.65. The monoisotopic (exact) mass is 309 g/mol. The van der Waals surface area contributed by atoms with Crippen molar-refractivity contribution in [2.24, 2.45) is 5.92 Å². The Labute approximate surface area is 134 Å². The van der Waals surface area contributed by atoms with E-state index < -0.39 is 0 Å². The van der Waals surface area contributed by atoms with Gasteiger partial charge in [0.2, 0.25) is 5.91 Å². The third kappa shape index (κ3) is 4.80. The van der Waals surface area contributed by atoms with Crippen LogP contribution >= 0.6 is 0 Å². The van der Waals surface area contributed by atoms with E-state index in [9.17, 15) is 4.79 Å². The lowest BCUT2D eigenvalue weighted by molar-refractivity contribution is -0.137. The van der Waals surface area contributed by atoms with E-state index in [0.717, 1.165) is 45.7 Å². The summed E-state index contributed by atoms with van der Waals surface area (Å²) in [5.74, 6) is 0.892. The Balaban J connectivity index is 1.72. The molecular formula is C17H31N3O2. The number of carbonyl (C=O) groups is 1. The van der Waals surface area contributed by atoms with E-state index in [1.54, 1.807) is 0 Å². The molecule has 0 N–H and O–H groups in total. The summed E-state index contributed by atoms with van der Waals surface area (Å²) in [6, 6.07) is 0.579. The molecule has 2 fully saturated rings. The van der Waals surface area contributed by atoms with Crippen LogP contribution in [-0.2, 0) is 9.53 Å². The van der Waals surface area contributed by atoms with E-state index in [0.29, 0.717) is 31.7 Å². The van der Waals surface area contributed by atoms with Gasteiger partial charge in [-0.25, -0.2) is 0 Å². The second-order valence-corrected chi connectivity index (χ2v) is 6.55. The first-order chi connectivity index (χ1) is 10.6. The van der Waals surface area contributed by atoms with Gasteiger partial charge >= 0.3 is 0 Å². The third-order valence-corrected chi connectivity index (χ3v) is 5.07. The molecule has 2 aliphatic heterocycles. The van der Waals surface area contributed by atoms with Crippen molar-refractivity contribution in [1.82, 2.24) is 14.7 Å². The summed E-state index contributed by atoms with van der Waals surface area (Å²) < 4.78 is 5.30. The summed E-state index contributed by atoms with van der Waals surface area (Å²) in [4.78, 5) is 19.1. The highest BCUT2D eigenvalue weighted by atomic mass is 16.5. The molecule has 2 saturated heterocycles. The van der Waals surface area contributed by atoms with Gasteiger partial charge in [0.05, 0.1) is 19.8 Å². The molecule has 0 unspecified atom stereocenters. The Hall–Kier alpha value is -0.910. The Morgan fingerprint density at radius 3 is 2.36 bits per heavy atom. The Morgan fingerprint density at radius 2 is 1.77 bits per heavy atom. The first-order valence-corrected chi connectivity index (χ1v) is 8.54. The number of allylic oxidation sites excluding steroid dienone is 1. The van der Waals surface area contributed by atoms with Crippen LogP contribution in [0, 0.1) is 5.92 Å². The molecule has 2 aliphatic rings. The van der Waals surface area contributed by atoms with Crippen LogP contribution in [0.1, 0.15) is 20.3 Å². The lowest BCUT2D eigenvalue weighted by atomic mass is 9.98. The van der Waals surface area contributed by atoms with E-state index in [1.165, 1.54) is 0 Å². The zero-order chi connectivity index (χ0) is 15.9. The molecule has 0 radical (unpaired) electrons. The molecule has 0 aromatic carbocycles. The van der Waals surface area contributed by atoms with Crippen LogP contribution in [0.3, 0.4) is 0 Å². The van der Waals surface area contributed by atoms with Crippen molar-refractivity contribution in [2.75, 3.05) is 59.0 Å².